The van der Waals surface area contributed by atoms with Crippen molar-refractivity contribution in [2.24, 2.45) is 0 Å². The standard InChI is InChI=1S/C22H27NO/c1-23(22-11-8-17-4-2-3-5-20(17)16-22)21-9-6-18(7-10-21)19-12-14-24-15-13-19/h6-11,16,19H,2-5,12-15H2,1H3. The van der Waals surface area contributed by atoms with Crippen LogP contribution in [0, 0.1) is 0 Å². The van der Waals surface area contributed by atoms with E-state index in [1.165, 1.54) is 42.6 Å². The fourth-order valence-electron chi connectivity index (χ4n) is 4.08. The van der Waals surface area contributed by atoms with Gasteiger partial charge in [-0.05, 0) is 85.4 Å². The summed E-state index contributed by atoms with van der Waals surface area (Å²) in [7, 11) is 2.17. The molecule has 2 aromatic rings. The van der Waals surface area contributed by atoms with E-state index in [2.05, 4.69) is 54.4 Å². The first-order chi connectivity index (χ1) is 11.8. The van der Waals surface area contributed by atoms with Crippen LogP contribution in [0.1, 0.15) is 48.3 Å². The third kappa shape index (κ3) is 3.21. The van der Waals surface area contributed by atoms with Crippen LogP contribution in [0.25, 0.3) is 0 Å². The highest BCUT2D eigenvalue weighted by Crippen LogP contribution is 2.32. The van der Waals surface area contributed by atoms with Gasteiger partial charge in [0.05, 0.1) is 0 Å². The maximum Gasteiger partial charge on any atom is 0.0471 e. The van der Waals surface area contributed by atoms with Gasteiger partial charge in [0.2, 0.25) is 0 Å². The number of fused-ring (bicyclic) bond motifs is 1. The molecule has 1 saturated heterocycles. The quantitative estimate of drug-likeness (QED) is 0.768. The lowest BCUT2D eigenvalue weighted by Gasteiger charge is -2.25. The molecule has 0 aromatic heterocycles. The van der Waals surface area contributed by atoms with Gasteiger partial charge < -0.3 is 9.64 Å². The summed E-state index contributed by atoms with van der Waals surface area (Å²) in [6, 6.07) is 16.1. The van der Waals surface area contributed by atoms with Crippen molar-refractivity contribution in [3.05, 3.63) is 59.2 Å². The van der Waals surface area contributed by atoms with Crippen molar-refractivity contribution in [2.45, 2.75) is 44.4 Å². The van der Waals surface area contributed by atoms with Crippen molar-refractivity contribution in [1.29, 1.82) is 0 Å². The molecular formula is C22H27NO. The molecule has 1 heterocycles. The van der Waals surface area contributed by atoms with E-state index in [9.17, 15) is 0 Å². The Morgan fingerprint density at radius 1 is 0.833 bits per heavy atom. The zero-order chi connectivity index (χ0) is 16.4. The van der Waals surface area contributed by atoms with E-state index in [-0.39, 0.29) is 0 Å². The molecule has 2 aliphatic rings. The molecule has 0 bridgehead atoms. The van der Waals surface area contributed by atoms with Gasteiger partial charge in [-0.2, -0.15) is 0 Å². The van der Waals surface area contributed by atoms with Crippen molar-refractivity contribution >= 4 is 11.4 Å². The Morgan fingerprint density at radius 3 is 2.25 bits per heavy atom. The van der Waals surface area contributed by atoms with E-state index >= 15 is 0 Å². The molecule has 0 amide bonds. The first-order valence-electron chi connectivity index (χ1n) is 9.34. The number of ether oxygens (including phenoxy) is 1. The second kappa shape index (κ2) is 6.98. The van der Waals surface area contributed by atoms with E-state index < -0.39 is 0 Å². The lowest BCUT2D eigenvalue weighted by molar-refractivity contribution is 0.0853. The molecule has 1 fully saturated rings. The van der Waals surface area contributed by atoms with E-state index in [0.29, 0.717) is 5.92 Å². The molecule has 1 aliphatic heterocycles. The number of aryl methyl sites for hydroxylation is 2. The third-order valence-electron chi connectivity index (χ3n) is 5.69. The van der Waals surface area contributed by atoms with E-state index in [4.69, 9.17) is 4.74 Å². The molecule has 0 radical (unpaired) electrons. The lowest BCUT2D eigenvalue weighted by atomic mass is 9.91. The van der Waals surface area contributed by atoms with Crippen molar-refractivity contribution < 1.29 is 4.74 Å². The molecule has 2 aromatic carbocycles. The number of benzene rings is 2. The molecular weight excluding hydrogens is 294 g/mol. The average molecular weight is 321 g/mol. The van der Waals surface area contributed by atoms with Crippen molar-refractivity contribution in [3.63, 3.8) is 0 Å². The minimum Gasteiger partial charge on any atom is -0.381 e. The zero-order valence-electron chi connectivity index (χ0n) is 14.6. The van der Waals surface area contributed by atoms with Crippen LogP contribution in [0.15, 0.2) is 42.5 Å². The highest BCUT2D eigenvalue weighted by Gasteiger charge is 2.16. The van der Waals surface area contributed by atoms with E-state index in [0.717, 1.165) is 26.1 Å². The fraction of sp³-hybridized carbons (Fsp3) is 0.455. The molecule has 0 saturated carbocycles. The Bertz CT molecular complexity index is 686. The van der Waals surface area contributed by atoms with E-state index in [1.807, 2.05) is 0 Å². The molecule has 2 nitrogen and oxygen atoms in total. The molecule has 0 atom stereocenters. The minimum absolute atomic E-state index is 0.668. The summed E-state index contributed by atoms with van der Waals surface area (Å²) in [6.45, 7) is 1.81. The first-order valence-corrected chi connectivity index (χ1v) is 9.34. The van der Waals surface area contributed by atoms with Crippen molar-refractivity contribution in [2.75, 3.05) is 25.2 Å². The second-order valence-electron chi connectivity index (χ2n) is 7.20. The van der Waals surface area contributed by atoms with Gasteiger partial charge in [-0.25, -0.2) is 0 Å². The van der Waals surface area contributed by atoms with E-state index in [1.54, 1.807) is 11.1 Å². The largest absolute Gasteiger partial charge is 0.381 e. The number of hydrogen-bond acceptors (Lipinski definition) is 2. The highest BCUT2D eigenvalue weighted by atomic mass is 16.5. The molecule has 2 heteroatoms. The topological polar surface area (TPSA) is 12.5 Å². The molecule has 0 N–H and O–H groups in total. The molecule has 0 unspecified atom stereocenters. The van der Waals surface area contributed by atoms with Gasteiger partial charge >= 0.3 is 0 Å². The van der Waals surface area contributed by atoms with Gasteiger partial charge in [0, 0.05) is 31.6 Å². The molecule has 4 rings (SSSR count). The molecule has 24 heavy (non-hydrogen) atoms. The van der Waals surface area contributed by atoms with Crippen LogP contribution in [0.2, 0.25) is 0 Å². The Balaban J connectivity index is 1.52. The predicted molar refractivity (Wildman–Crippen MR) is 100 cm³/mol. The number of nitrogens with zero attached hydrogens (tertiary/aromatic N) is 1. The molecule has 126 valence electrons. The Labute approximate surface area is 145 Å². The summed E-state index contributed by atoms with van der Waals surface area (Å²) in [5.41, 5.74) is 7.12. The number of anilines is 2. The van der Waals surface area contributed by atoms with Gasteiger partial charge in [0.15, 0.2) is 0 Å². The normalized spacial score (nSPS) is 18.2. The SMILES string of the molecule is CN(c1ccc(C2CCOCC2)cc1)c1ccc2c(c1)CCCC2. The van der Waals surface area contributed by atoms with Crippen LogP contribution in [0.4, 0.5) is 11.4 Å². The first kappa shape index (κ1) is 15.7. The van der Waals surface area contributed by atoms with Gasteiger partial charge in [-0.3, -0.25) is 0 Å². The van der Waals surface area contributed by atoms with Crippen LogP contribution < -0.4 is 4.90 Å². The van der Waals surface area contributed by atoms with Crippen LogP contribution >= 0.6 is 0 Å². The predicted octanol–water partition coefficient (Wildman–Crippen LogP) is 5.23. The summed E-state index contributed by atoms with van der Waals surface area (Å²) in [5.74, 6) is 0.668. The third-order valence-corrected chi connectivity index (χ3v) is 5.69. The minimum atomic E-state index is 0.668. The summed E-state index contributed by atoms with van der Waals surface area (Å²) in [4.78, 5) is 2.31. The van der Waals surface area contributed by atoms with Crippen LogP contribution in [-0.4, -0.2) is 20.3 Å². The van der Waals surface area contributed by atoms with Crippen LogP contribution in [-0.2, 0) is 17.6 Å². The van der Waals surface area contributed by atoms with Gasteiger partial charge in [-0.15, -0.1) is 0 Å². The monoisotopic (exact) mass is 321 g/mol. The number of rotatable bonds is 3. The highest BCUT2D eigenvalue weighted by molar-refractivity contribution is 5.64. The van der Waals surface area contributed by atoms with Crippen LogP contribution in [0.3, 0.4) is 0 Å². The fourth-order valence-corrected chi connectivity index (χ4v) is 4.08. The maximum absolute atomic E-state index is 5.48. The Hall–Kier alpha value is -1.80. The summed E-state index contributed by atoms with van der Waals surface area (Å²) >= 11 is 0. The number of hydrogen-bond donors (Lipinski definition) is 0. The van der Waals surface area contributed by atoms with Crippen LogP contribution in [0.5, 0.6) is 0 Å². The van der Waals surface area contributed by atoms with Crippen molar-refractivity contribution in [3.8, 4) is 0 Å². The average Bonchev–Trinajstić information content (AvgIpc) is 2.68. The van der Waals surface area contributed by atoms with Gasteiger partial charge in [-0.1, -0.05) is 18.2 Å². The smallest absolute Gasteiger partial charge is 0.0471 e. The lowest BCUT2D eigenvalue weighted by Crippen LogP contribution is -2.14. The van der Waals surface area contributed by atoms with Gasteiger partial charge in [0.1, 0.15) is 0 Å². The van der Waals surface area contributed by atoms with Gasteiger partial charge in [0.25, 0.3) is 0 Å². The Morgan fingerprint density at radius 2 is 1.50 bits per heavy atom. The second-order valence-corrected chi connectivity index (χ2v) is 7.20. The summed E-state index contributed by atoms with van der Waals surface area (Å²) in [6.07, 6.45) is 7.47. The molecule has 1 aliphatic carbocycles. The summed E-state index contributed by atoms with van der Waals surface area (Å²) in [5, 5.41) is 0. The van der Waals surface area contributed by atoms with Crippen molar-refractivity contribution in [1.82, 2.24) is 0 Å². The molecule has 0 spiro atoms. The maximum atomic E-state index is 5.48. The zero-order valence-corrected chi connectivity index (χ0v) is 14.6. The summed E-state index contributed by atoms with van der Waals surface area (Å²) < 4.78 is 5.48. The Kier molecular flexibility index (Phi) is 4.57.